The third kappa shape index (κ3) is 10.2. The molecular weight excluding hydrogens is 198 g/mol. The van der Waals surface area contributed by atoms with Gasteiger partial charge in [0.15, 0.2) is 0 Å². The van der Waals surface area contributed by atoms with Crippen LogP contribution in [0.4, 0.5) is 0 Å². The maximum absolute atomic E-state index is 0. The summed E-state index contributed by atoms with van der Waals surface area (Å²) >= 11 is 0. The first-order valence-corrected chi connectivity index (χ1v) is 0. The van der Waals surface area contributed by atoms with Gasteiger partial charge in [-0.2, -0.15) is 0 Å². The van der Waals surface area contributed by atoms with E-state index < -0.39 is 0 Å². The summed E-state index contributed by atoms with van der Waals surface area (Å²) in [6.07, 6.45) is 0. The average molecular weight is 198 g/mol. The second-order valence-electron chi connectivity index (χ2n) is 0. The molecule has 0 saturated heterocycles. The minimum absolute atomic E-state index is 0. The van der Waals surface area contributed by atoms with Crippen LogP contribution in [-0.4, -0.2) is 23.9 Å². The maximum Gasteiger partial charge on any atom is 5.00 e. The van der Waals surface area contributed by atoms with Gasteiger partial charge in [-0.15, -0.1) is 0 Å². The SMILES string of the molecule is [C+4].[O-2].[Sn+4].[V+5]. The van der Waals surface area contributed by atoms with Crippen molar-refractivity contribution in [2.45, 2.75) is 0 Å². The summed E-state index contributed by atoms with van der Waals surface area (Å²) in [4.78, 5) is 0. The molecule has 0 bridgehead atoms. The number of hydrogen-bond acceptors (Lipinski definition) is 0. The quantitative estimate of drug-likeness (QED) is 0.472. The van der Waals surface area contributed by atoms with Crippen LogP contribution < -0.4 is 0 Å². The Balaban J connectivity index is 0. The van der Waals surface area contributed by atoms with Gasteiger partial charge in [0.05, 0.1) is 0 Å². The summed E-state index contributed by atoms with van der Waals surface area (Å²) in [5.41, 5.74) is 0. The Morgan fingerprint density at radius 1 is 1.00 bits per heavy atom. The first-order valence-electron chi connectivity index (χ1n) is 0. The molecule has 3 heteroatoms. The molecule has 0 aromatic heterocycles. The predicted octanol–water partition coefficient (Wildman–Crippen LogP) is -0.421. The zero-order valence-electron chi connectivity index (χ0n) is 1.86. The maximum atomic E-state index is 0. The molecule has 0 aliphatic rings. The van der Waals surface area contributed by atoms with Crippen LogP contribution in [0.5, 0.6) is 0 Å². The van der Waals surface area contributed by atoms with Crippen molar-refractivity contribution in [1.82, 2.24) is 0 Å². The van der Waals surface area contributed by atoms with E-state index in [-0.39, 0.29) is 55.4 Å². The molecule has 0 radical (unpaired) electrons. The molecule has 8 valence electrons. The zero-order chi connectivity index (χ0) is 0. The van der Waals surface area contributed by atoms with Crippen LogP contribution >= 0.6 is 0 Å². The molecule has 0 N–H and O–H groups in total. The van der Waals surface area contributed by atoms with Crippen molar-refractivity contribution in [1.29, 1.82) is 0 Å². The fourth-order valence-electron chi connectivity index (χ4n) is 0. The first-order chi connectivity index (χ1) is 0. The third-order valence-electron chi connectivity index (χ3n) is 0. The molecule has 0 aromatic carbocycles. The van der Waals surface area contributed by atoms with Crippen molar-refractivity contribution in [3.8, 4) is 0 Å². The zero-order valence-corrected chi connectivity index (χ0v) is 6.11. The molecule has 0 fully saturated rings. The van der Waals surface area contributed by atoms with Crippen LogP contribution in [-0.2, 0) is 24.0 Å². The molecule has 0 saturated carbocycles. The van der Waals surface area contributed by atoms with E-state index >= 15 is 0 Å². The van der Waals surface area contributed by atoms with Gasteiger partial charge in [-0.3, -0.25) is 0 Å². The van der Waals surface area contributed by atoms with Gasteiger partial charge in [0, 0.05) is 0 Å². The fourth-order valence-corrected chi connectivity index (χ4v) is 0. The Labute approximate surface area is 55.3 Å². The second-order valence-corrected chi connectivity index (χ2v) is 0. The molecule has 0 amide bonds. The fraction of sp³-hybridized carbons (Fsp3) is 0. The standard InChI is InChI=1S/C.O.Sn.V/q+4;-2;+4;+5. The van der Waals surface area contributed by atoms with Crippen LogP contribution in [0.2, 0.25) is 0 Å². The molecule has 4 heavy (non-hydrogen) atoms. The topological polar surface area (TPSA) is 28.5 Å². The third-order valence-corrected chi connectivity index (χ3v) is 0. The smallest absolute Gasteiger partial charge is 2.00 e. The van der Waals surface area contributed by atoms with Crippen LogP contribution in [0.1, 0.15) is 0 Å². The van der Waals surface area contributed by atoms with E-state index in [1.807, 2.05) is 0 Å². The largest absolute Gasteiger partial charge is 5.00 e. The molecule has 0 aliphatic heterocycles. The van der Waals surface area contributed by atoms with Crippen molar-refractivity contribution in [2.75, 3.05) is 0 Å². The second kappa shape index (κ2) is 26.9. The van der Waals surface area contributed by atoms with Crippen LogP contribution in [0.3, 0.4) is 0 Å². The van der Waals surface area contributed by atoms with Gasteiger partial charge in [-0.1, -0.05) is 0 Å². The molecule has 0 unspecified atom stereocenters. The molecule has 0 rings (SSSR count). The Bertz CT molecular complexity index is 8.00. The summed E-state index contributed by atoms with van der Waals surface area (Å²) in [5.74, 6) is 0. The Kier molecular flexibility index (Phi) is 376. The van der Waals surface area contributed by atoms with E-state index in [0.29, 0.717) is 0 Å². The monoisotopic (exact) mass is 199 g/mol. The van der Waals surface area contributed by atoms with Crippen molar-refractivity contribution in [3.05, 3.63) is 7.43 Å². The van der Waals surface area contributed by atoms with E-state index in [9.17, 15) is 0 Å². The van der Waals surface area contributed by atoms with Crippen molar-refractivity contribution < 1.29 is 24.0 Å². The summed E-state index contributed by atoms with van der Waals surface area (Å²) in [7, 11) is 0. The van der Waals surface area contributed by atoms with Gasteiger partial charge < -0.3 is 5.48 Å². The average Bonchev–Trinajstić information content (AvgIpc) is 0. The van der Waals surface area contributed by atoms with E-state index in [0.717, 1.165) is 0 Å². The van der Waals surface area contributed by atoms with Crippen molar-refractivity contribution >= 4 is 23.9 Å². The van der Waals surface area contributed by atoms with E-state index in [1.165, 1.54) is 0 Å². The van der Waals surface area contributed by atoms with Crippen molar-refractivity contribution in [2.24, 2.45) is 0 Å². The Morgan fingerprint density at radius 2 is 1.00 bits per heavy atom. The minimum atomic E-state index is 0. The minimum Gasteiger partial charge on any atom is -2.00 e. The Morgan fingerprint density at radius 3 is 1.00 bits per heavy atom. The van der Waals surface area contributed by atoms with Crippen LogP contribution in [0.15, 0.2) is 0 Å². The van der Waals surface area contributed by atoms with Gasteiger partial charge in [0.25, 0.3) is 0 Å². The van der Waals surface area contributed by atoms with Crippen LogP contribution in [0, 0.1) is 7.43 Å². The number of hydrogen-bond donors (Lipinski definition) is 0. The molecular formula is COSnV+11. The molecule has 1 nitrogen and oxygen atoms in total. The summed E-state index contributed by atoms with van der Waals surface area (Å²) in [5, 5.41) is 0. The van der Waals surface area contributed by atoms with E-state index in [4.69, 9.17) is 0 Å². The molecule has 0 heterocycles. The summed E-state index contributed by atoms with van der Waals surface area (Å²) < 4.78 is 0. The molecule has 0 aromatic rings. The van der Waals surface area contributed by atoms with Gasteiger partial charge in [0.1, 0.15) is 0 Å². The van der Waals surface area contributed by atoms with Gasteiger partial charge in [-0.05, 0) is 0 Å². The normalized spacial score (nSPS) is 0. The molecule has 0 aliphatic carbocycles. The number of rotatable bonds is 0. The van der Waals surface area contributed by atoms with Gasteiger partial charge in [0.2, 0.25) is 0 Å². The molecule has 0 atom stereocenters. The summed E-state index contributed by atoms with van der Waals surface area (Å²) in [6.45, 7) is 0. The first kappa shape index (κ1) is 55.9. The summed E-state index contributed by atoms with van der Waals surface area (Å²) in [6, 6.07) is 0. The van der Waals surface area contributed by atoms with E-state index in [2.05, 4.69) is 0 Å². The van der Waals surface area contributed by atoms with E-state index in [1.54, 1.807) is 0 Å². The Hall–Kier alpha value is 1.34. The van der Waals surface area contributed by atoms with Crippen molar-refractivity contribution in [3.63, 3.8) is 0 Å². The molecule has 0 spiro atoms. The van der Waals surface area contributed by atoms with Gasteiger partial charge >= 0.3 is 49.9 Å². The predicted molar refractivity (Wildman–Crippen MR) is 9.68 cm³/mol. The van der Waals surface area contributed by atoms with Gasteiger partial charge in [-0.25, -0.2) is 0 Å². The van der Waals surface area contributed by atoms with Crippen LogP contribution in [0.25, 0.3) is 0 Å².